The Hall–Kier alpha value is -1.13. The number of rotatable bonds is 4. The van der Waals surface area contributed by atoms with Crippen molar-refractivity contribution < 1.29 is 9.50 Å². The monoisotopic (exact) mass is 278 g/mol. The Morgan fingerprint density at radius 3 is 2.50 bits per heavy atom. The van der Waals surface area contributed by atoms with Crippen molar-refractivity contribution >= 4 is 5.69 Å². The highest BCUT2D eigenvalue weighted by atomic mass is 19.1. The van der Waals surface area contributed by atoms with E-state index in [1.54, 1.807) is 13.0 Å². The number of nitrogens with zero attached hydrogens (tertiary/aromatic N) is 2. The fourth-order valence-electron chi connectivity index (χ4n) is 2.88. The predicted molar refractivity (Wildman–Crippen MR) is 78.4 cm³/mol. The first-order valence-electron chi connectivity index (χ1n) is 7.58. The topological polar surface area (TPSA) is 26.7 Å². The van der Waals surface area contributed by atoms with E-state index < -0.39 is 6.10 Å². The number of aliphatic hydroxyl groups is 1. The maximum atomic E-state index is 14.1. The molecule has 2 fully saturated rings. The molecule has 1 atom stereocenters. The first-order valence-corrected chi connectivity index (χ1v) is 7.58. The summed E-state index contributed by atoms with van der Waals surface area (Å²) in [5.41, 5.74) is 1.30. The first-order chi connectivity index (χ1) is 9.63. The van der Waals surface area contributed by atoms with Gasteiger partial charge in [0.05, 0.1) is 11.8 Å². The number of benzene rings is 1. The van der Waals surface area contributed by atoms with Crippen LogP contribution in [0.1, 0.15) is 31.4 Å². The van der Waals surface area contributed by atoms with Crippen LogP contribution < -0.4 is 4.90 Å². The number of hydrogen-bond acceptors (Lipinski definition) is 3. The molecule has 0 bridgehead atoms. The number of halogens is 1. The summed E-state index contributed by atoms with van der Waals surface area (Å²) in [6.45, 7) is 6.69. The molecule has 0 aromatic heterocycles. The Morgan fingerprint density at radius 2 is 1.95 bits per heavy atom. The third kappa shape index (κ3) is 3.13. The van der Waals surface area contributed by atoms with Crippen molar-refractivity contribution in [3.8, 4) is 0 Å². The van der Waals surface area contributed by atoms with Crippen molar-refractivity contribution in [2.45, 2.75) is 25.9 Å². The summed E-state index contributed by atoms with van der Waals surface area (Å²) in [6.07, 6.45) is 2.15. The van der Waals surface area contributed by atoms with Gasteiger partial charge in [-0.15, -0.1) is 0 Å². The van der Waals surface area contributed by atoms with E-state index in [-0.39, 0.29) is 5.82 Å². The Bertz CT molecular complexity index is 466. The molecular formula is C16H23FN2O. The zero-order valence-electron chi connectivity index (χ0n) is 12.1. The van der Waals surface area contributed by atoms with Gasteiger partial charge in [0.1, 0.15) is 5.82 Å². The molecule has 110 valence electrons. The maximum absolute atomic E-state index is 14.1. The highest BCUT2D eigenvalue weighted by Crippen LogP contribution is 2.30. The Morgan fingerprint density at radius 1 is 1.25 bits per heavy atom. The van der Waals surface area contributed by atoms with Crippen molar-refractivity contribution in [3.63, 3.8) is 0 Å². The zero-order valence-corrected chi connectivity index (χ0v) is 12.1. The molecule has 0 amide bonds. The molecule has 4 heteroatoms. The molecule has 3 rings (SSSR count). The van der Waals surface area contributed by atoms with E-state index in [4.69, 9.17) is 0 Å². The third-order valence-corrected chi connectivity index (χ3v) is 4.38. The lowest BCUT2D eigenvalue weighted by atomic mass is 10.1. The van der Waals surface area contributed by atoms with Crippen molar-refractivity contribution in [3.05, 3.63) is 29.6 Å². The Kier molecular flexibility index (Phi) is 3.94. The molecule has 2 aliphatic rings. The number of anilines is 1. The molecule has 0 spiro atoms. The van der Waals surface area contributed by atoms with E-state index in [1.165, 1.54) is 25.5 Å². The van der Waals surface area contributed by atoms with Gasteiger partial charge in [-0.3, -0.25) is 4.90 Å². The molecule has 3 nitrogen and oxygen atoms in total. The van der Waals surface area contributed by atoms with Gasteiger partial charge in [0.15, 0.2) is 0 Å². The standard InChI is InChI=1S/C16H23FN2O/c1-12(20)14-4-5-16(15(17)10-14)19-8-6-18(7-9-19)11-13-2-3-13/h4-5,10,12-13,20H,2-3,6-9,11H2,1H3/t12-/m0/s1. The molecule has 1 saturated carbocycles. The predicted octanol–water partition coefficient (Wildman–Crippen LogP) is 2.41. The van der Waals surface area contributed by atoms with Gasteiger partial charge in [-0.1, -0.05) is 6.07 Å². The van der Waals surface area contributed by atoms with Gasteiger partial charge in [0, 0.05) is 32.7 Å². The van der Waals surface area contributed by atoms with Gasteiger partial charge < -0.3 is 10.0 Å². The van der Waals surface area contributed by atoms with Crippen molar-refractivity contribution in [1.82, 2.24) is 4.90 Å². The Labute approximate surface area is 120 Å². The lowest BCUT2D eigenvalue weighted by molar-refractivity contribution is 0.199. The van der Waals surface area contributed by atoms with Crippen molar-refractivity contribution in [2.24, 2.45) is 5.92 Å². The van der Waals surface area contributed by atoms with E-state index >= 15 is 0 Å². The van der Waals surface area contributed by atoms with E-state index in [0.717, 1.165) is 32.1 Å². The lowest BCUT2D eigenvalue weighted by Crippen LogP contribution is -2.47. The van der Waals surface area contributed by atoms with Crippen LogP contribution in [0.25, 0.3) is 0 Å². The Balaban J connectivity index is 1.62. The van der Waals surface area contributed by atoms with Crippen LogP contribution in [-0.4, -0.2) is 42.7 Å². The minimum absolute atomic E-state index is 0.223. The lowest BCUT2D eigenvalue weighted by Gasteiger charge is -2.36. The fourth-order valence-corrected chi connectivity index (χ4v) is 2.88. The summed E-state index contributed by atoms with van der Waals surface area (Å²) in [6, 6.07) is 5.07. The van der Waals surface area contributed by atoms with Crippen molar-refractivity contribution in [1.29, 1.82) is 0 Å². The average molecular weight is 278 g/mol. The van der Waals surface area contributed by atoms with Gasteiger partial charge in [0.2, 0.25) is 0 Å². The fraction of sp³-hybridized carbons (Fsp3) is 0.625. The number of hydrogen-bond donors (Lipinski definition) is 1. The van der Waals surface area contributed by atoms with Crippen LogP contribution in [0.5, 0.6) is 0 Å². The second-order valence-corrected chi connectivity index (χ2v) is 6.12. The highest BCUT2D eigenvalue weighted by molar-refractivity contribution is 5.50. The zero-order chi connectivity index (χ0) is 14.1. The molecule has 1 heterocycles. The van der Waals surface area contributed by atoms with Gasteiger partial charge in [0.25, 0.3) is 0 Å². The van der Waals surface area contributed by atoms with E-state index in [1.807, 2.05) is 6.07 Å². The highest BCUT2D eigenvalue weighted by Gasteiger charge is 2.27. The van der Waals surface area contributed by atoms with E-state index in [0.29, 0.717) is 11.3 Å². The summed E-state index contributed by atoms with van der Waals surface area (Å²) in [7, 11) is 0. The van der Waals surface area contributed by atoms with Gasteiger partial charge >= 0.3 is 0 Å². The number of piperazine rings is 1. The molecule has 0 unspecified atom stereocenters. The molecule has 1 aliphatic heterocycles. The van der Waals surface area contributed by atoms with Crippen molar-refractivity contribution in [2.75, 3.05) is 37.6 Å². The summed E-state index contributed by atoms with van der Waals surface area (Å²) in [5, 5.41) is 9.49. The summed E-state index contributed by atoms with van der Waals surface area (Å²) >= 11 is 0. The molecule has 1 aromatic rings. The minimum Gasteiger partial charge on any atom is -0.389 e. The van der Waals surface area contributed by atoms with Crippen LogP contribution in [0.2, 0.25) is 0 Å². The maximum Gasteiger partial charge on any atom is 0.146 e. The van der Waals surface area contributed by atoms with Crippen LogP contribution in [-0.2, 0) is 0 Å². The van der Waals surface area contributed by atoms with Gasteiger partial charge in [-0.2, -0.15) is 0 Å². The molecule has 20 heavy (non-hydrogen) atoms. The quantitative estimate of drug-likeness (QED) is 0.916. The van der Waals surface area contributed by atoms with Gasteiger partial charge in [-0.25, -0.2) is 4.39 Å². The third-order valence-electron chi connectivity index (χ3n) is 4.38. The largest absolute Gasteiger partial charge is 0.389 e. The summed E-state index contributed by atoms with van der Waals surface area (Å²) < 4.78 is 14.1. The molecule has 0 radical (unpaired) electrons. The van der Waals surface area contributed by atoms with Crippen LogP contribution in [0, 0.1) is 11.7 Å². The van der Waals surface area contributed by atoms with E-state index in [2.05, 4.69) is 9.80 Å². The normalized spacial score (nSPS) is 22.1. The summed E-state index contributed by atoms with van der Waals surface area (Å²) in [5.74, 6) is 0.697. The average Bonchev–Trinajstić information content (AvgIpc) is 3.24. The van der Waals surface area contributed by atoms with E-state index in [9.17, 15) is 9.50 Å². The van der Waals surface area contributed by atoms with Crippen LogP contribution in [0.4, 0.5) is 10.1 Å². The second kappa shape index (κ2) is 5.70. The summed E-state index contributed by atoms with van der Waals surface area (Å²) in [4.78, 5) is 4.61. The first kappa shape index (κ1) is 13.8. The number of aliphatic hydroxyl groups excluding tert-OH is 1. The minimum atomic E-state index is -0.617. The molecule has 1 N–H and O–H groups in total. The molecule has 1 aliphatic carbocycles. The molecule has 1 saturated heterocycles. The molecular weight excluding hydrogens is 255 g/mol. The smallest absolute Gasteiger partial charge is 0.146 e. The van der Waals surface area contributed by atoms with Crippen LogP contribution >= 0.6 is 0 Å². The van der Waals surface area contributed by atoms with Crippen LogP contribution in [0.3, 0.4) is 0 Å². The second-order valence-electron chi connectivity index (χ2n) is 6.12. The van der Waals surface area contributed by atoms with Gasteiger partial charge in [-0.05, 0) is 43.4 Å². The van der Waals surface area contributed by atoms with Crippen LogP contribution in [0.15, 0.2) is 18.2 Å². The SMILES string of the molecule is C[C@H](O)c1ccc(N2CCN(CC3CC3)CC2)c(F)c1. The molecule has 1 aromatic carbocycles.